The van der Waals surface area contributed by atoms with Crippen LogP contribution < -0.4 is 16.0 Å². The van der Waals surface area contributed by atoms with E-state index < -0.39 is 5.60 Å². The number of ether oxygens (including phenoxy) is 2. The number of alkyl carbamates (subject to hydrolysis) is 1. The number of nitrogens with one attached hydrogen (secondary N) is 3. The lowest BCUT2D eigenvalue weighted by Crippen LogP contribution is -2.53. The third-order valence-corrected chi connectivity index (χ3v) is 5.32. The topological polar surface area (TPSA) is 87.2 Å². The first kappa shape index (κ1) is 23.7. The molecule has 3 unspecified atom stereocenters. The lowest BCUT2D eigenvalue weighted by atomic mass is 10.1. The largest absolute Gasteiger partial charge is 0.444 e. The number of carbonyl (C=O) groups excluding carboxylic acids is 1. The molecule has 0 aromatic heterocycles. The minimum atomic E-state index is -0.498. The van der Waals surface area contributed by atoms with E-state index in [9.17, 15) is 4.79 Å². The van der Waals surface area contributed by atoms with Gasteiger partial charge in [-0.2, -0.15) is 0 Å². The smallest absolute Gasteiger partial charge is 0.407 e. The molecule has 2 aliphatic heterocycles. The summed E-state index contributed by atoms with van der Waals surface area (Å²) in [5, 5.41) is 9.71. The highest BCUT2D eigenvalue weighted by atomic mass is 16.6. The average Bonchev–Trinajstić information content (AvgIpc) is 3.13. The van der Waals surface area contributed by atoms with Crippen LogP contribution in [0.4, 0.5) is 4.79 Å². The molecule has 0 aromatic carbocycles. The summed E-state index contributed by atoms with van der Waals surface area (Å²) in [4.78, 5) is 18.9. The highest BCUT2D eigenvalue weighted by molar-refractivity contribution is 5.80. The second-order valence-electron chi connectivity index (χ2n) is 9.07. The van der Waals surface area contributed by atoms with E-state index in [-0.39, 0.29) is 18.2 Å². The van der Waals surface area contributed by atoms with E-state index in [0.29, 0.717) is 12.6 Å². The summed E-state index contributed by atoms with van der Waals surface area (Å²) in [6, 6.07) is 0.699. The number of fused-ring (bicyclic) bond motifs is 1. The van der Waals surface area contributed by atoms with E-state index in [2.05, 4.69) is 32.8 Å². The molecule has 2 heterocycles. The van der Waals surface area contributed by atoms with Crippen LogP contribution in [0.2, 0.25) is 0 Å². The van der Waals surface area contributed by atoms with Crippen molar-refractivity contribution in [3.63, 3.8) is 0 Å². The molecule has 8 nitrogen and oxygen atoms in total. The Balaban J connectivity index is 1.78. The maximum Gasteiger partial charge on any atom is 0.407 e. The summed E-state index contributed by atoms with van der Waals surface area (Å²) in [5.41, 5.74) is -0.498. The fourth-order valence-electron chi connectivity index (χ4n) is 3.80. The zero-order valence-electron chi connectivity index (χ0n) is 18.9. The van der Waals surface area contributed by atoms with Crippen LogP contribution in [-0.2, 0) is 9.47 Å². The van der Waals surface area contributed by atoms with Crippen molar-refractivity contribution in [2.24, 2.45) is 4.99 Å². The van der Waals surface area contributed by atoms with Crippen LogP contribution in [0.1, 0.15) is 59.8 Å². The second-order valence-corrected chi connectivity index (χ2v) is 9.07. The Bertz CT molecular complexity index is 535. The quantitative estimate of drug-likeness (QED) is 0.419. The summed E-state index contributed by atoms with van der Waals surface area (Å²) in [7, 11) is 1.77. The first-order chi connectivity index (χ1) is 13.8. The number of aliphatic imine (C=N–C) groups is 1. The van der Waals surface area contributed by atoms with E-state index >= 15 is 0 Å². The highest BCUT2D eigenvalue weighted by Crippen LogP contribution is 2.22. The lowest BCUT2D eigenvalue weighted by molar-refractivity contribution is -0.0453. The van der Waals surface area contributed by atoms with Crippen molar-refractivity contribution in [1.29, 1.82) is 0 Å². The van der Waals surface area contributed by atoms with Crippen LogP contribution >= 0.6 is 0 Å². The first-order valence-electron chi connectivity index (χ1n) is 11.1. The predicted molar refractivity (Wildman–Crippen MR) is 116 cm³/mol. The molecule has 3 atom stereocenters. The minimum absolute atomic E-state index is 0.0869. The van der Waals surface area contributed by atoms with E-state index in [1.54, 1.807) is 7.05 Å². The molecule has 0 aliphatic carbocycles. The summed E-state index contributed by atoms with van der Waals surface area (Å²) >= 11 is 0. The van der Waals surface area contributed by atoms with Gasteiger partial charge < -0.3 is 25.4 Å². The van der Waals surface area contributed by atoms with Crippen LogP contribution in [0, 0.1) is 0 Å². The van der Waals surface area contributed by atoms with E-state index in [1.807, 2.05) is 20.8 Å². The van der Waals surface area contributed by atoms with E-state index in [0.717, 1.165) is 44.9 Å². The highest BCUT2D eigenvalue weighted by Gasteiger charge is 2.32. The molecule has 2 fully saturated rings. The molecule has 0 bridgehead atoms. The van der Waals surface area contributed by atoms with Crippen molar-refractivity contribution in [3.05, 3.63) is 0 Å². The van der Waals surface area contributed by atoms with Gasteiger partial charge in [-0.3, -0.25) is 9.89 Å². The van der Waals surface area contributed by atoms with Gasteiger partial charge in [-0.05, 0) is 46.6 Å². The van der Waals surface area contributed by atoms with Gasteiger partial charge in [0.05, 0.1) is 12.7 Å². The van der Waals surface area contributed by atoms with Gasteiger partial charge in [0.1, 0.15) is 5.60 Å². The van der Waals surface area contributed by atoms with Crippen LogP contribution in [0.15, 0.2) is 4.99 Å². The summed E-state index contributed by atoms with van der Waals surface area (Å²) < 4.78 is 11.4. The zero-order chi connectivity index (χ0) is 21.3. The lowest BCUT2D eigenvalue weighted by Gasteiger charge is -2.35. The summed E-state index contributed by atoms with van der Waals surface area (Å²) in [6.45, 7) is 12.0. The normalized spacial score (nSPS) is 24.0. The Morgan fingerprint density at radius 3 is 2.83 bits per heavy atom. The van der Waals surface area contributed by atoms with Gasteiger partial charge in [-0.25, -0.2) is 4.79 Å². The minimum Gasteiger partial charge on any atom is -0.444 e. The monoisotopic (exact) mass is 411 g/mol. The number of amides is 1. The maximum atomic E-state index is 12.0. The number of hydrogen-bond donors (Lipinski definition) is 3. The molecular formula is C21H41N5O3. The zero-order valence-corrected chi connectivity index (χ0v) is 18.9. The molecule has 0 spiro atoms. The molecule has 0 radical (unpaired) electrons. The molecule has 3 N–H and O–H groups in total. The fourth-order valence-corrected chi connectivity index (χ4v) is 3.80. The molecule has 2 rings (SSSR count). The van der Waals surface area contributed by atoms with E-state index in [1.165, 1.54) is 19.4 Å². The van der Waals surface area contributed by atoms with Gasteiger partial charge in [0, 0.05) is 38.8 Å². The van der Waals surface area contributed by atoms with Crippen LogP contribution in [-0.4, -0.2) is 80.6 Å². The number of rotatable bonds is 8. The number of morpholine rings is 1. The molecule has 0 aromatic rings. The molecule has 2 saturated heterocycles. The Morgan fingerprint density at radius 2 is 2.14 bits per heavy atom. The van der Waals surface area contributed by atoms with Gasteiger partial charge in [0.2, 0.25) is 0 Å². The van der Waals surface area contributed by atoms with Crippen LogP contribution in [0.25, 0.3) is 0 Å². The van der Waals surface area contributed by atoms with Gasteiger partial charge in [0.25, 0.3) is 0 Å². The molecule has 1 amide bonds. The van der Waals surface area contributed by atoms with Crippen molar-refractivity contribution in [3.8, 4) is 0 Å². The summed E-state index contributed by atoms with van der Waals surface area (Å²) in [6.07, 6.45) is 5.45. The molecular weight excluding hydrogens is 370 g/mol. The predicted octanol–water partition coefficient (Wildman–Crippen LogP) is 2.10. The fraction of sp³-hybridized carbons (Fsp3) is 0.905. The maximum absolute atomic E-state index is 12.0. The van der Waals surface area contributed by atoms with Crippen molar-refractivity contribution < 1.29 is 14.3 Å². The Morgan fingerprint density at radius 1 is 1.34 bits per heavy atom. The third-order valence-electron chi connectivity index (χ3n) is 5.32. The second kappa shape index (κ2) is 11.6. The number of nitrogens with zero attached hydrogens (tertiary/aromatic N) is 2. The number of guanidine groups is 1. The van der Waals surface area contributed by atoms with Crippen LogP contribution in [0.3, 0.4) is 0 Å². The van der Waals surface area contributed by atoms with E-state index in [4.69, 9.17) is 9.47 Å². The SMILES string of the molecule is CCCCC(CNC(=O)OC(C)(C)C)NC(=NC)NCC1CN2CCCC2CO1. The van der Waals surface area contributed by atoms with Crippen LogP contribution in [0.5, 0.6) is 0 Å². The average molecular weight is 412 g/mol. The van der Waals surface area contributed by atoms with Crippen molar-refractivity contribution in [2.45, 2.75) is 83.6 Å². The van der Waals surface area contributed by atoms with Gasteiger partial charge >= 0.3 is 6.09 Å². The number of unbranched alkanes of at least 4 members (excludes halogenated alkanes) is 1. The molecule has 2 aliphatic rings. The van der Waals surface area contributed by atoms with Crippen molar-refractivity contribution in [2.75, 3.05) is 39.8 Å². The Kier molecular flexibility index (Phi) is 9.49. The Labute approximate surface area is 176 Å². The summed E-state index contributed by atoms with van der Waals surface area (Å²) in [5.74, 6) is 0.740. The standard InChI is InChI=1S/C21H41N5O3/c1-6-7-9-16(12-24-20(27)29-21(2,3)4)25-19(22-5)23-13-18-14-26-11-8-10-17(26)15-28-18/h16-18H,6-15H2,1-5H3,(H,24,27)(H2,22,23,25). The van der Waals surface area contributed by atoms with Crippen molar-refractivity contribution in [1.82, 2.24) is 20.9 Å². The van der Waals surface area contributed by atoms with Gasteiger partial charge in [0.15, 0.2) is 5.96 Å². The van der Waals surface area contributed by atoms with Gasteiger partial charge in [-0.15, -0.1) is 0 Å². The molecule has 168 valence electrons. The Hall–Kier alpha value is -1.54. The molecule has 29 heavy (non-hydrogen) atoms. The molecule has 8 heteroatoms. The number of hydrogen-bond acceptors (Lipinski definition) is 5. The number of carbonyl (C=O) groups is 1. The third kappa shape index (κ3) is 8.78. The first-order valence-corrected chi connectivity index (χ1v) is 11.1. The van der Waals surface area contributed by atoms with Gasteiger partial charge in [-0.1, -0.05) is 19.8 Å². The molecule has 0 saturated carbocycles. The van der Waals surface area contributed by atoms with Crippen molar-refractivity contribution >= 4 is 12.1 Å².